The standard InChI is InChI=1S/C10H22N2O3/c1-10(2,8-11)15-7-9(13)12-5-4-6-14-3/h4-8,11H2,1-3H3,(H,12,13). The SMILES string of the molecule is COCCCNC(=O)COC(C)(C)CN. The molecule has 90 valence electrons. The average Bonchev–Trinajstić information content (AvgIpc) is 2.22. The molecule has 0 aromatic rings. The van der Waals surface area contributed by atoms with Gasteiger partial charge in [-0.2, -0.15) is 0 Å². The molecule has 0 radical (unpaired) electrons. The Morgan fingerprint density at radius 3 is 2.67 bits per heavy atom. The Labute approximate surface area is 91.3 Å². The Morgan fingerprint density at radius 1 is 1.47 bits per heavy atom. The van der Waals surface area contributed by atoms with Gasteiger partial charge in [0.2, 0.25) is 5.91 Å². The van der Waals surface area contributed by atoms with Crippen molar-refractivity contribution >= 4 is 5.91 Å². The van der Waals surface area contributed by atoms with Gasteiger partial charge in [-0.25, -0.2) is 0 Å². The molecule has 0 atom stereocenters. The fourth-order valence-corrected chi connectivity index (χ4v) is 0.815. The number of amides is 1. The second-order valence-electron chi connectivity index (χ2n) is 3.95. The van der Waals surface area contributed by atoms with Gasteiger partial charge >= 0.3 is 0 Å². The molecule has 0 rings (SSSR count). The van der Waals surface area contributed by atoms with Crippen LogP contribution in [0, 0.1) is 0 Å². The number of hydrogen-bond acceptors (Lipinski definition) is 4. The van der Waals surface area contributed by atoms with Gasteiger partial charge in [-0.15, -0.1) is 0 Å². The number of hydrogen-bond donors (Lipinski definition) is 2. The van der Waals surface area contributed by atoms with E-state index in [1.807, 2.05) is 13.8 Å². The van der Waals surface area contributed by atoms with Crippen molar-refractivity contribution in [3.63, 3.8) is 0 Å². The highest BCUT2D eigenvalue weighted by molar-refractivity contribution is 5.77. The summed E-state index contributed by atoms with van der Waals surface area (Å²) in [5.41, 5.74) is 5.02. The van der Waals surface area contributed by atoms with E-state index in [0.29, 0.717) is 19.7 Å². The Kier molecular flexibility index (Phi) is 7.29. The number of carbonyl (C=O) groups is 1. The third kappa shape index (κ3) is 8.35. The number of methoxy groups -OCH3 is 1. The minimum Gasteiger partial charge on any atom is -0.385 e. The van der Waals surface area contributed by atoms with Crippen molar-refractivity contribution in [2.24, 2.45) is 5.73 Å². The van der Waals surface area contributed by atoms with Gasteiger partial charge in [-0.3, -0.25) is 4.79 Å². The molecule has 0 aromatic carbocycles. The van der Waals surface area contributed by atoms with E-state index in [1.54, 1.807) is 7.11 Å². The summed E-state index contributed by atoms with van der Waals surface area (Å²) in [6.45, 7) is 5.41. The molecule has 1 amide bonds. The first-order valence-corrected chi connectivity index (χ1v) is 5.11. The van der Waals surface area contributed by atoms with Gasteiger partial charge in [0.15, 0.2) is 0 Å². The van der Waals surface area contributed by atoms with Crippen LogP contribution < -0.4 is 11.1 Å². The third-order valence-electron chi connectivity index (χ3n) is 1.93. The Balaban J connectivity index is 3.49. The summed E-state index contributed by atoms with van der Waals surface area (Å²) in [6.07, 6.45) is 0.808. The molecule has 0 aliphatic carbocycles. The number of nitrogens with two attached hydrogens (primary N) is 1. The Hall–Kier alpha value is -0.650. The monoisotopic (exact) mass is 218 g/mol. The summed E-state index contributed by atoms with van der Waals surface area (Å²) in [7, 11) is 1.63. The molecule has 0 aromatic heterocycles. The van der Waals surface area contributed by atoms with E-state index in [9.17, 15) is 4.79 Å². The lowest BCUT2D eigenvalue weighted by Crippen LogP contribution is -2.38. The molecule has 0 fully saturated rings. The van der Waals surface area contributed by atoms with Gasteiger partial charge < -0.3 is 20.5 Å². The van der Waals surface area contributed by atoms with Crippen molar-refractivity contribution in [3.8, 4) is 0 Å². The van der Waals surface area contributed by atoms with Crippen LogP contribution in [0.5, 0.6) is 0 Å². The molecule has 0 aliphatic rings. The lowest BCUT2D eigenvalue weighted by molar-refractivity contribution is -0.130. The molecule has 0 spiro atoms. The summed E-state index contributed by atoms with van der Waals surface area (Å²) in [5.74, 6) is -0.118. The molecular formula is C10H22N2O3. The zero-order chi connectivity index (χ0) is 11.7. The molecule has 0 unspecified atom stereocenters. The van der Waals surface area contributed by atoms with Gasteiger partial charge in [0, 0.05) is 26.8 Å². The predicted octanol–water partition coefficient (Wildman–Crippen LogP) is -0.107. The molecule has 15 heavy (non-hydrogen) atoms. The van der Waals surface area contributed by atoms with Crippen LogP contribution in [0.2, 0.25) is 0 Å². The topological polar surface area (TPSA) is 73.6 Å². The van der Waals surface area contributed by atoms with E-state index in [0.717, 1.165) is 6.42 Å². The van der Waals surface area contributed by atoms with Crippen LogP contribution in [0.15, 0.2) is 0 Å². The summed E-state index contributed by atoms with van der Waals surface area (Å²) in [4.78, 5) is 11.3. The van der Waals surface area contributed by atoms with E-state index < -0.39 is 5.60 Å². The van der Waals surface area contributed by atoms with Gasteiger partial charge in [0.1, 0.15) is 6.61 Å². The summed E-state index contributed by atoms with van der Waals surface area (Å²) in [6, 6.07) is 0. The van der Waals surface area contributed by atoms with E-state index in [4.69, 9.17) is 15.2 Å². The van der Waals surface area contributed by atoms with E-state index >= 15 is 0 Å². The molecule has 0 bridgehead atoms. The molecule has 5 nitrogen and oxygen atoms in total. The quantitative estimate of drug-likeness (QED) is 0.558. The molecule has 0 aliphatic heterocycles. The minimum absolute atomic E-state index is 0.0528. The molecule has 0 saturated carbocycles. The smallest absolute Gasteiger partial charge is 0.246 e. The Morgan fingerprint density at radius 2 is 2.13 bits per heavy atom. The second-order valence-corrected chi connectivity index (χ2v) is 3.95. The zero-order valence-corrected chi connectivity index (χ0v) is 9.84. The first-order chi connectivity index (χ1) is 7.02. The summed E-state index contributed by atoms with van der Waals surface area (Å²) in [5, 5.41) is 2.73. The first-order valence-electron chi connectivity index (χ1n) is 5.11. The Bertz CT molecular complexity index is 184. The van der Waals surface area contributed by atoms with Gasteiger partial charge in [0.25, 0.3) is 0 Å². The lowest BCUT2D eigenvalue weighted by atomic mass is 10.1. The summed E-state index contributed by atoms with van der Waals surface area (Å²) < 4.78 is 10.2. The minimum atomic E-state index is -0.441. The van der Waals surface area contributed by atoms with Crippen LogP contribution in [-0.4, -0.2) is 44.9 Å². The zero-order valence-electron chi connectivity index (χ0n) is 9.84. The highest BCUT2D eigenvalue weighted by Crippen LogP contribution is 2.05. The molecule has 0 heterocycles. The van der Waals surface area contributed by atoms with Crippen LogP contribution in [-0.2, 0) is 14.3 Å². The maximum absolute atomic E-state index is 11.3. The van der Waals surface area contributed by atoms with Crippen molar-refractivity contribution in [2.75, 3.05) is 33.4 Å². The highest BCUT2D eigenvalue weighted by Gasteiger charge is 2.17. The van der Waals surface area contributed by atoms with Crippen LogP contribution >= 0.6 is 0 Å². The van der Waals surface area contributed by atoms with E-state index in [-0.39, 0.29) is 12.5 Å². The molecule has 0 saturated heterocycles. The second kappa shape index (κ2) is 7.62. The normalized spacial score (nSPS) is 11.5. The van der Waals surface area contributed by atoms with Gasteiger partial charge in [0.05, 0.1) is 5.60 Å². The third-order valence-corrected chi connectivity index (χ3v) is 1.93. The number of nitrogens with one attached hydrogen (secondary N) is 1. The highest BCUT2D eigenvalue weighted by atomic mass is 16.5. The largest absolute Gasteiger partial charge is 0.385 e. The first kappa shape index (κ1) is 14.3. The van der Waals surface area contributed by atoms with Crippen LogP contribution in [0.4, 0.5) is 0 Å². The maximum Gasteiger partial charge on any atom is 0.246 e. The number of rotatable bonds is 8. The predicted molar refractivity (Wildman–Crippen MR) is 58.6 cm³/mol. The van der Waals surface area contributed by atoms with E-state index in [2.05, 4.69) is 5.32 Å². The van der Waals surface area contributed by atoms with Gasteiger partial charge in [-0.05, 0) is 20.3 Å². The average molecular weight is 218 g/mol. The van der Waals surface area contributed by atoms with Crippen molar-refractivity contribution in [2.45, 2.75) is 25.9 Å². The van der Waals surface area contributed by atoms with Crippen molar-refractivity contribution < 1.29 is 14.3 Å². The number of ether oxygens (including phenoxy) is 2. The maximum atomic E-state index is 11.3. The van der Waals surface area contributed by atoms with Crippen LogP contribution in [0.25, 0.3) is 0 Å². The molecular weight excluding hydrogens is 196 g/mol. The molecule has 3 N–H and O–H groups in total. The van der Waals surface area contributed by atoms with Crippen molar-refractivity contribution in [3.05, 3.63) is 0 Å². The van der Waals surface area contributed by atoms with Crippen LogP contribution in [0.1, 0.15) is 20.3 Å². The van der Waals surface area contributed by atoms with Gasteiger partial charge in [-0.1, -0.05) is 0 Å². The summed E-state index contributed by atoms with van der Waals surface area (Å²) >= 11 is 0. The number of carbonyl (C=O) groups excluding carboxylic acids is 1. The fourth-order valence-electron chi connectivity index (χ4n) is 0.815. The van der Waals surface area contributed by atoms with Crippen LogP contribution in [0.3, 0.4) is 0 Å². The molecule has 5 heteroatoms. The van der Waals surface area contributed by atoms with E-state index in [1.165, 1.54) is 0 Å². The fraction of sp³-hybridized carbons (Fsp3) is 0.900. The lowest BCUT2D eigenvalue weighted by Gasteiger charge is -2.22. The van der Waals surface area contributed by atoms with Crippen molar-refractivity contribution in [1.29, 1.82) is 0 Å². The van der Waals surface area contributed by atoms with Crippen molar-refractivity contribution in [1.82, 2.24) is 5.32 Å².